The Morgan fingerprint density at radius 1 is 0.480 bits per heavy atom. The average molecular weight is 452 g/mol. The number of rotatable bonds is 4. The van der Waals surface area contributed by atoms with Crippen LogP contribution in [0.3, 0.4) is 0 Å². The molecule has 0 aliphatic rings. The summed E-state index contributed by atoms with van der Waals surface area (Å²) in [5, 5.41) is 63.1. The van der Waals surface area contributed by atoms with Gasteiger partial charge in [-0.3, -0.25) is 0 Å². The zero-order valence-corrected chi connectivity index (χ0v) is 16.5. The summed E-state index contributed by atoms with van der Waals surface area (Å²) in [5.41, 5.74) is 0. The van der Waals surface area contributed by atoms with Gasteiger partial charge in [-0.2, -0.15) is 0 Å². The smallest absolute Gasteiger partial charge is 0.332 e. The molecule has 0 radical (unpaired) electrons. The van der Waals surface area contributed by atoms with Crippen LogP contribution in [0.5, 0.6) is 0 Å². The summed E-state index contributed by atoms with van der Waals surface area (Å²) in [6, 6.07) is 0. The molecular formula is C12H24O12Zr. The molecule has 0 aromatic rings. The minimum Gasteiger partial charge on any atom is -0.479 e. The van der Waals surface area contributed by atoms with Crippen molar-refractivity contribution in [1.29, 1.82) is 0 Å². The van der Waals surface area contributed by atoms with Crippen LogP contribution in [-0.4, -0.2) is 89.1 Å². The molecule has 0 aromatic carbocycles. The van der Waals surface area contributed by atoms with Crippen molar-refractivity contribution in [2.24, 2.45) is 0 Å². The van der Waals surface area contributed by atoms with E-state index < -0.39 is 48.3 Å². The summed E-state index contributed by atoms with van der Waals surface area (Å²) >= 11 is 0. The van der Waals surface area contributed by atoms with Crippen LogP contribution in [-0.2, 0) is 45.4 Å². The van der Waals surface area contributed by atoms with Crippen LogP contribution in [0.15, 0.2) is 0 Å². The summed E-state index contributed by atoms with van der Waals surface area (Å²) in [5.74, 6) is -4.74. The fourth-order valence-corrected chi connectivity index (χ4v) is 0. The second-order valence-electron chi connectivity index (χ2n) is 4.06. The molecule has 0 spiro atoms. The molecule has 0 rings (SSSR count). The summed E-state index contributed by atoms with van der Waals surface area (Å²) in [7, 11) is 0. The van der Waals surface area contributed by atoms with E-state index in [1.54, 1.807) is 0 Å². The van der Waals surface area contributed by atoms with Gasteiger partial charge in [0.1, 0.15) is 24.4 Å². The molecule has 25 heavy (non-hydrogen) atoms. The maximum Gasteiger partial charge on any atom is 0.332 e. The molecule has 0 amide bonds. The third kappa shape index (κ3) is 45.0. The van der Waals surface area contributed by atoms with Gasteiger partial charge < -0.3 is 40.9 Å². The van der Waals surface area contributed by atoms with Crippen molar-refractivity contribution in [3.8, 4) is 0 Å². The van der Waals surface area contributed by atoms with E-state index in [0.717, 1.165) is 0 Å². The third-order valence-electron chi connectivity index (χ3n) is 1.43. The second kappa shape index (κ2) is 20.6. The standard InChI is InChI=1S/4C3H6O3.Zr/c4*1-2(4)3(5)6;/h4*2,4H,1H3,(H,5,6);. The largest absolute Gasteiger partial charge is 0.479 e. The van der Waals surface area contributed by atoms with Crippen LogP contribution in [0, 0.1) is 0 Å². The molecule has 0 bridgehead atoms. The number of aliphatic hydroxyl groups is 4. The molecular weight excluding hydrogens is 427 g/mol. The predicted octanol–water partition coefficient (Wildman–Crippen LogP) is -2.20. The molecule has 8 N–H and O–H groups in total. The Morgan fingerprint density at radius 2 is 0.520 bits per heavy atom. The van der Waals surface area contributed by atoms with E-state index in [0.29, 0.717) is 0 Å². The van der Waals surface area contributed by atoms with Crippen LogP contribution in [0.4, 0.5) is 0 Å². The zero-order chi connectivity index (χ0) is 20.6. The van der Waals surface area contributed by atoms with Crippen LogP contribution in [0.1, 0.15) is 27.7 Å². The van der Waals surface area contributed by atoms with Gasteiger partial charge in [0.05, 0.1) is 0 Å². The first-order valence-electron chi connectivity index (χ1n) is 6.21. The minimum absolute atomic E-state index is 0. The van der Waals surface area contributed by atoms with E-state index in [4.69, 9.17) is 40.9 Å². The number of carboxylic acids is 4. The van der Waals surface area contributed by atoms with Crippen molar-refractivity contribution in [1.82, 2.24) is 0 Å². The van der Waals surface area contributed by atoms with Gasteiger partial charge in [0, 0.05) is 26.2 Å². The Morgan fingerprint density at radius 3 is 0.520 bits per heavy atom. The number of aliphatic carboxylic acids is 4. The van der Waals surface area contributed by atoms with Crippen molar-refractivity contribution in [2.75, 3.05) is 0 Å². The maximum atomic E-state index is 9.45. The number of carbonyl (C=O) groups is 4. The van der Waals surface area contributed by atoms with Crippen molar-refractivity contribution in [3.05, 3.63) is 0 Å². The topological polar surface area (TPSA) is 230 Å². The van der Waals surface area contributed by atoms with E-state index in [1.807, 2.05) is 0 Å². The first-order valence-corrected chi connectivity index (χ1v) is 6.21. The first kappa shape index (κ1) is 34.8. The number of hydrogen-bond acceptors (Lipinski definition) is 8. The molecule has 4 atom stereocenters. The van der Waals surface area contributed by atoms with Crippen LogP contribution in [0.2, 0.25) is 0 Å². The summed E-state index contributed by atoms with van der Waals surface area (Å²) in [6.07, 6.45) is -4.93. The van der Waals surface area contributed by atoms with Gasteiger partial charge in [-0.15, -0.1) is 0 Å². The van der Waals surface area contributed by atoms with E-state index in [-0.39, 0.29) is 26.2 Å². The van der Waals surface area contributed by atoms with Crippen LogP contribution >= 0.6 is 0 Å². The van der Waals surface area contributed by atoms with Gasteiger partial charge >= 0.3 is 23.9 Å². The Kier molecular flexibility index (Phi) is 28.8. The second-order valence-corrected chi connectivity index (χ2v) is 4.06. The average Bonchev–Trinajstić information content (AvgIpc) is 2.40. The number of carboxylic acid groups (broad SMARTS) is 4. The molecule has 148 valence electrons. The fourth-order valence-electron chi connectivity index (χ4n) is 0. The van der Waals surface area contributed by atoms with Crippen molar-refractivity contribution in [2.45, 2.75) is 52.1 Å². The molecule has 0 saturated heterocycles. The van der Waals surface area contributed by atoms with Gasteiger partial charge in [-0.1, -0.05) is 0 Å². The van der Waals surface area contributed by atoms with Crippen LogP contribution < -0.4 is 0 Å². The van der Waals surface area contributed by atoms with Crippen molar-refractivity contribution < 1.29 is 86.2 Å². The quantitative estimate of drug-likeness (QED) is 0.228. The minimum atomic E-state index is -1.23. The monoisotopic (exact) mass is 450 g/mol. The van der Waals surface area contributed by atoms with Gasteiger partial charge in [0.2, 0.25) is 0 Å². The zero-order valence-electron chi connectivity index (χ0n) is 14.0. The fraction of sp³-hybridized carbons (Fsp3) is 0.667. The SMILES string of the molecule is CC(O)C(=O)O.CC(O)C(=O)O.CC(O)C(=O)O.CC(O)C(=O)O.[Zr]. The van der Waals surface area contributed by atoms with Crippen molar-refractivity contribution in [3.63, 3.8) is 0 Å². The molecule has 13 heteroatoms. The molecule has 0 aliphatic heterocycles. The van der Waals surface area contributed by atoms with Gasteiger partial charge in [0.25, 0.3) is 0 Å². The first-order chi connectivity index (χ1) is 10.6. The molecule has 0 heterocycles. The molecule has 12 nitrogen and oxygen atoms in total. The Labute approximate surface area is 162 Å². The Bertz CT molecular complexity index is 306. The van der Waals surface area contributed by atoms with Gasteiger partial charge in [-0.05, 0) is 27.7 Å². The summed E-state index contributed by atoms with van der Waals surface area (Å²) in [4.78, 5) is 37.8. The van der Waals surface area contributed by atoms with Gasteiger partial charge in [0.15, 0.2) is 0 Å². The molecule has 0 aromatic heterocycles. The van der Waals surface area contributed by atoms with E-state index in [2.05, 4.69) is 0 Å². The van der Waals surface area contributed by atoms with Crippen molar-refractivity contribution >= 4 is 23.9 Å². The molecule has 0 aliphatic carbocycles. The molecule has 0 fully saturated rings. The van der Waals surface area contributed by atoms with Crippen LogP contribution in [0.25, 0.3) is 0 Å². The molecule has 0 saturated carbocycles. The third-order valence-corrected chi connectivity index (χ3v) is 1.43. The van der Waals surface area contributed by atoms with Gasteiger partial charge in [-0.25, -0.2) is 19.2 Å². The Hall–Kier alpha value is -1.40. The van der Waals surface area contributed by atoms with E-state index in [9.17, 15) is 19.2 Å². The van der Waals surface area contributed by atoms with E-state index >= 15 is 0 Å². The number of aliphatic hydroxyl groups excluding tert-OH is 4. The molecule has 4 unspecified atom stereocenters. The Balaban J connectivity index is -0.0000000702. The summed E-state index contributed by atoms with van der Waals surface area (Å²) in [6.45, 7) is 4.79. The number of hydrogen-bond donors (Lipinski definition) is 8. The maximum absolute atomic E-state index is 9.45. The normalized spacial score (nSPS) is 13.1. The summed E-state index contributed by atoms with van der Waals surface area (Å²) < 4.78 is 0. The van der Waals surface area contributed by atoms with E-state index in [1.165, 1.54) is 27.7 Å². The predicted molar refractivity (Wildman–Crippen MR) is 77.3 cm³/mol.